The average Bonchev–Trinajstić information content (AvgIpc) is 3.24. The number of carbonyl (C=O) groups is 1. The fourth-order valence-electron chi connectivity index (χ4n) is 3.56. The van der Waals surface area contributed by atoms with Crippen molar-refractivity contribution in [1.29, 1.82) is 0 Å². The molecular formula is C20H20ClN3O. The van der Waals surface area contributed by atoms with Crippen LogP contribution in [-0.2, 0) is 11.3 Å². The number of halogens is 1. The summed E-state index contributed by atoms with van der Waals surface area (Å²) in [7, 11) is 0. The molecule has 25 heavy (non-hydrogen) atoms. The summed E-state index contributed by atoms with van der Waals surface area (Å²) >= 11 is 6.19. The van der Waals surface area contributed by atoms with E-state index >= 15 is 0 Å². The maximum absolute atomic E-state index is 12.4. The normalized spacial score (nSPS) is 14.9. The van der Waals surface area contributed by atoms with Crippen molar-refractivity contribution in [1.82, 2.24) is 15.1 Å². The van der Waals surface area contributed by atoms with Crippen LogP contribution in [0.4, 0.5) is 0 Å². The number of carbonyl (C=O) groups excluding carboxylic acids is 1. The minimum atomic E-state index is 0.0193. The van der Waals surface area contributed by atoms with Crippen molar-refractivity contribution in [2.45, 2.75) is 38.3 Å². The van der Waals surface area contributed by atoms with Gasteiger partial charge in [0.2, 0.25) is 5.91 Å². The van der Waals surface area contributed by atoms with E-state index in [1.807, 2.05) is 48.5 Å². The maximum Gasteiger partial charge on any atom is 0.241 e. The molecule has 1 aliphatic rings. The van der Waals surface area contributed by atoms with E-state index in [0.717, 1.165) is 35.0 Å². The Kier molecular flexibility index (Phi) is 4.45. The van der Waals surface area contributed by atoms with E-state index in [1.54, 1.807) is 4.68 Å². The lowest BCUT2D eigenvalue weighted by molar-refractivity contribution is -0.122. The lowest BCUT2D eigenvalue weighted by Gasteiger charge is -2.12. The highest BCUT2D eigenvalue weighted by molar-refractivity contribution is 6.31. The summed E-state index contributed by atoms with van der Waals surface area (Å²) in [4.78, 5) is 12.4. The van der Waals surface area contributed by atoms with Gasteiger partial charge in [0, 0.05) is 22.0 Å². The number of benzene rings is 2. The standard InChI is InChI=1S/C20H20ClN3O/c21-15-10-11-18-17(12-15)20(14-6-2-1-3-7-14)23-24(18)13-19(25)22-16-8-4-5-9-16/h1-3,6-7,10-12,16H,4-5,8-9,13H2,(H,22,25). The number of rotatable bonds is 4. The molecule has 1 N–H and O–H groups in total. The van der Waals surface area contributed by atoms with E-state index < -0.39 is 0 Å². The molecule has 128 valence electrons. The summed E-state index contributed by atoms with van der Waals surface area (Å²) < 4.78 is 1.78. The maximum atomic E-state index is 12.4. The first kappa shape index (κ1) is 16.2. The zero-order valence-electron chi connectivity index (χ0n) is 13.9. The molecule has 1 aromatic heterocycles. The van der Waals surface area contributed by atoms with Crippen molar-refractivity contribution in [2.24, 2.45) is 0 Å². The number of aromatic nitrogens is 2. The number of nitrogens with one attached hydrogen (secondary N) is 1. The van der Waals surface area contributed by atoms with E-state index in [9.17, 15) is 4.79 Å². The summed E-state index contributed by atoms with van der Waals surface area (Å²) in [6.07, 6.45) is 4.56. The summed E-state index contributed by atoms with van der Waals surface area (Å²) in [5, 5.41) is 9.47. The second kappa shape index (κ2) is 6.89. The molecule has 1 heterocycles. The smallest absolute Gasteiger partial charge is 0.241 e. The first-order valence-electron chi connectivity index (χ1n) is 8.71. The Balaban J connectivity index is 1.68. The monoisotopic (exact) mass is 353 g/mol. The van der Waals surface area contributed by atoms with Crippen LogP contribution < -0.4 is 5.32 Å². The molecule has 0 saturated heterocycles. The van der Waals surface area contributed by atoms with Crippen molar-refractivity contribution in [3.8, 4) is 11.3 Å². The van der Waals surface area contributed by atoms with Crippen LogP contribution in [0.1, 0.15) is 25.7 Å². The zero-order valence-corrected chi connectivity index (χ0v) is 14.7. The van der Waals surface area contributed by atoms with Gasteiger partial charge in [0.15, 0.2) is 0 Å². The molecule has 5 heteroatoms. The van der Waals surface area contributed by atoms with Crippen molar-refractivity contribution < 1.29 is 4.79 Å². The third-order valence-electron chi connectivity index (χ3n) is 4.77. The van der Waals surface area contributed by atoms with Crippen molar-refractivity contribution in [3.63, 3.8) is 0 Å². The van der Waals surface area contributed by atoms with Gasteiger partial charge in [-0.05, 0) is 31.0 Å². The molecule has 3 aromatic rings. The summed E-state index contributed by atoms with van der Waals surface area (Å²) in [5.41, 5.74) is 2.79. The van der Waals surface area contributed by atoms with Crippen LogP contribution in [0.5, 0.6) is 0 Å². The van der Waals surface area contributed by atoms with E-state index in [-0.39, 0.29) is 12.5 Å². The second-order valence-corrected chi connectivity index (χ2v) is 7.02. The van der Waals surface area contributed by atoms with Gasteiger partial charge in [-0.15, -0.1) is 0 Å². The second-order valence-electron chi connectivity index (χ2n) is 6.58. The molecule has 1 amide bonds. The molecule has 4 rings (SSSR count). The first-order chi connectivity index (χ1) is 12.2. The lowest BCUT2D eigenvalue weighted by Crippen LogP contribution is -2.35. The topological polar surface area (TPSA) is 46.9 Å². The van der Waals surface area contributed by atoms with Crippen molar-refractivity contribution in [3.05, 3.63) is 53.6 Å². The van der Waals surface area contributed by atoms with Gasteiger partial charge in [0.05, 0.1) is 5.52 Å². The highest BCUT2D eigenvalue weighted by Gasteiger charge is 2.19. The van der Waals surface area contributed by atoms with E-state index in [1.165, 1.54) is 12.8 Å². The molecule has 0 spiro atoms. The Hall–Kier alpha value is -2.33. The highest BCUT2D eigenvalue weighted by Crippen LogP contribution is 2.30. The van der Waals surface area contributed by atoms with Gasteiger partial charge in [0.1, 0.15) is 12.2 Å². The number of fused-ring (bicyclic) bond motifs is 1. The van der Waals surface area contributed by atoms with Gasteiger partial charge < -0.3 is 5.32 Å². The predicted molar refractivity (Wildman–Crippen MR) is 101 cm³/mol. The molecule has 0 unspecified atom stereocenters. The van der Waals surface area contributed by atoms with Gasteiger partial charge >= 0.3 is 0 Å². The Labute approximate surface area is 151 Å². The van der Waals surface area contributed by atoms with Gasteiger partial charge in [-0.3, -0.25) is 9.48 Å². The van der Waals surface area contributed by atoms with E-state index in [0.29, 0.717) is 11.1 Å². The molecule has 2 aromatic carbocycles. The Morgan fingerprint density at radius 2 is 1.92 bits per heavy atom. The van der Waals surface area contributed by atoms with Crippen molar-refractivity contribution >= 4 is 28.4 Å². The molecule has 1 saturated carbocycles. The van der Waals surface area contributed by atoms with Crippen LogP contribution in [0.15, 0.2) is 48.5 Å². The number of amides is 1. The third-order valence-corrected chi connectivity index (χ3v) is 5.01. The molecular weight excluding hydrogens is 334 g/mol. The van der Waals surface area contributed by atoms with Crippen LogP contribution in [-0.4, -0.2) is 21.7 Å². The molecule has 4 nitrogen and oxygen atoms in total. The van der Waals surface area contributed by atoms with Crippen molar-refractivity contribution in [2.75, 3.05) is 0 Å². The van der Waals surface area contributed by atoms with Crippen LogP contribution in [0.2, 0.25) is 5.02 Å². The van der Waals surface area contributed by atoms with Gasteiger partial charge in [-0.25, -0.2) is 0 Å². The Bertz CT molecular complexity index is 898. The Morgan fingerprint density at radius 1 is 1.16 bits per heavy atom. The van der Waals surface area contributed by atoms with E-state index in [2.05, 4.69) is 5.32 Å². The van der Waals surface area contributed by atoms with E-state index in [4.69, 9.17) is 16.7 Å². The summed E-state index contributed by atoms with van der Waals surface area (Å²) in [6.45, 7) is 0.224. The molecule has 0 aliphatic heterocycles. The average molecular weight is 354 g/mol. The highest BCUT2D eigenvalue weighted by atomic mass is 35.5. The predicted octanol–water partition coefficient (Wildman–Crippen LogP) is 4.42. The van der Waals surface area contributed by atoms with Crippen LogP contribution in [0.25, 0.3) is 22.2 Å². The fraction of sp³-hybridized carbons (Fsp3) is 0.300. The fourth-order valence-corrected chi connectivity index (χ4v) is 3.73. The lowest BCUT2D eigenvalue weighted by atomic mass is 10.1. The van der Waals surface area contributed by atoms with Gasteiger partial charge in [-0.1, -0.05) is 54.8 Å². The van der Waals surface area contributed by atoms with Gasteiger partial charge in [0.25, 0.3) is 0 Å². The third kappa shape index (κ3) is 3.40. The minimum absolute atomic E-state index is 0.0193. The minimum Gasteiger partial charge on any atom is -0.352 e. The molecule has 0 radical (unpaired) electrons. The zero-order chi connectivity index (χ0) is 17.2. The van der Waals surface area contributed by atoms with Crippen LogP contribution >= 0.6 is 11.6 Å². The van der Waals surface area contributed by atoms with Gasteiger partial charge in [-0.2, -0.15) is 5.10 Å². The SMILES string of the molecule is O=C(Cn1nc(-c2ccccc2)c2cc(Cl)ccc21)NC1CCCC1. The molecule has 1 fully saturated rings. The summed E-state index contributed by atoms with van der Waals surface area (Å²) in [5.74, 6) is 0.0193. The number of nitrogens with zero attached hydrogens (tertiary/aromatic N) is 2. The van der Waals surface area contributed by atoms with Crippen LogP contribution in [0, 0.1) is 0 Å². The molecule has 1 aliphatic carbocycles. The quantitative estimate of drug-likeness (QED) is 0.754. The Morgan fingerprint density at radius 3 is 2.68 bits per heavy atom. The molecule has 0 bridgehead atoms. The van der Waals surface area contributed by atoms with Crippen LogP contribution in [0.3, 0.4) is 0 Å². The number of hydrogen-bond acceptors (Lipinski definition) is 2. The number of hydrogen-bond donors (Lipinski definition) is 1. The largest absolute Gasteiger partial charge is 0.352 e. The summed E-state index contributed by atoms with van der Waals surface area (Å²) in [6, 6.07) is 16.0. The molecule has 0 atom stereocenters. The first-order valence-corrected chi connectivity index (χ1v) is 9.09.